The van der Waals surface area contributed by atoms with Crippen molar-refractivity contribution < 1.29 is 42.8 Å². The summed E-state index contributed by atoms with van der Waals surface area (Å²) in [5.74, 6) is 0. The SMILES string of the molecule is CN(C)S(=O)(=O)Nc1ccc(C=Cc2ccc(NS(=O)(=O)C3CC3)cc2S(=O)(=O)O)c(S(=O)(=O)O)c1. The Kier molecular flexibility index (Phi) is 7.58. The van der Waals surface area contributed by atoms with E-state index in [2.05, 4.69) is 9.44 Å². The van der Waals surface area contributed by atoms with E-state index in [1.165, 1.54) is 38.4 Å². The number of hydrogen-bond donors (Lipinski definition) is 4. The predicted octanol–water partition coefficient (Wildman–Crippen LogP) is 1.47. The molecule has 198 valence electrons. The van der Waals surface area contributed by atoms with E-state index in [0.717, 1.165) is 28.6 Å². The van der Waals surface area contributed by atoms with Crippen LogP contribution in [0.5, 0.6) is 0 Å². The predicted molar refractivity (Wildman–Crippen MR) is 133 cm³/mol. The fraction of sp³-hybridized carbons (Fsp3) is 0.263. The van der Waals surface area contributed by atoms with Crippen molar-refractivity contribution in [3.05, 3.63) is 47.5 Å². The van der Waals surface area contributed by atoms with Crippen molar-refractivity contribution in [2.24, 2.45) is 0 Å². The summed E-state index contributed by atoms with van der Waals surface area (Å²) in [5, 5.41) is -0.574. The third-order valence-corrected chi connectivity index (χ3v) is 10.1. The molecule has 0 bridgehead atoms. The van der Waals surface area contributed by atoms with Crippen LogP contribution in [0.4, 0.5) is 11.4 Å². The van der Waals surface area contributed by atoms with Crippen LogP contribution in [-0.2, 0) is 40.5 Å². The Hall–Kier alpha value is -2.54. The van der Waals surface area contributed by atoms with Crippen LogP contribution in [-0.4, -0.2) is 66.4 Å². The summed E-state index contributed by atoms with van der Waals surface area (Å²) in [7, 11) is -14.9. The van der Waals surface area contributed by atoms with Gasteiger partial charge in [0, 0.05) is 19.8 Å². The van der Waals surface area contributed by atoms with Gasteiger partial charge in [-0.2, -0.15) is 29.6 Å². The lowest BCUT2D eigenvalue weighted by molar-refractivity contribution is 0.480. The smallest absolute Gasteiger partial charge is 0.283 e. The maximum Gasteiger partial charge on any atom is 0.301 e. The van der Waals surface area contributed by atoms with Gasteiger partial charge >= 0.3 is 10.2 Å². The molecule has 2 aromatic rings. The monoisotopic (exact) mass is 581 g/mol. The van der Waals surface area contributed by atoms with Gasteiger partial charge in [-0.1, -0.05) is 24.3 Å². The highest BCUT2D eigenvalue weighted by atomic mass is 32.2. The molecule has 2 aromatic carbocycles. The van der Waals surface area contributed by atoms with Gasteiger partial charge in [-0.25, -0.2) is 8.42 Å². The van der Waals surface area contributed by atoms with Gasteiger partial charge in [0.25, 0.3) is 20.2 Å². The molecular formula is C19H23N3O10S4. The van der Waals surface area contributed by atoms with E-state index in [4.69, 9.17) is 0 Å². The van der Waals surface area contributed by atoms with Crippen LogP contribution in [0.3, 0.4) is 0 Å². The van der Waals surface area contributed by atoms with Gasteiger partial charge < -0.3 is 0 Å². The number of sulfonamides is 1. The summed E-state index contributed by atoms with van der Waals surface area (Å²) in [6.45, 7) is 0. The molecule has 0 aromatic heterocycles. The average Bonchev–Trinajstić information content (AvgIpc) is 3.57. The van der Waals surface area contributed by atoms with Crippen molar-refractivity contribution in [2.45, 2.75) is 27.9 Å². The van der Waals surface area contributed by atoms with Gasteiger partial charge in [-0.3, -0.25) is 18.5 Å². The van der Waals surface area contributed by atoms with Crippen molar-refractivity contribution in [1.29, 1.82) is 0 Å². The summed E-state index contributed by atoms with van der Waals surface area (Å²) in [6, 6.07) is 6.62. The van der Waals surface area contributed by atoms with E-state index in [1.807, 2.05) is 0 Å². The van der Waals surface area contributed by atoms with E-state index in [9.17, 15) is 42.8 Å². The zero-order valence-electron chi connectivity index (χ0n) is 18.9. The molecule has 17 heteroatoms. The van der Waals surface area contributed by atoms with Gasteiger partial charge in [0.2, 0.25) is 10.0 Å². The van der Waals surface area contributed by atoms with Crippen LogP contribution in [0.15, 0.2) is 46.2 Å². The second-order valence-corrected chi connectivity index (χ2v) is 14.6. The molecule has 4 N–H and O–H groups in total. The highest BCUT2D eigenvalue weighted by Crippen LogP contribution is 2.31. The fourth-order valence-corrected chi connectivity index (χ4v) is 6.37. The van der Waals surface area contributed by atoms with Crippen LogP contribution in [0.2, 0.25) is 0 Å². The van der Waals surface area contributed by atoms with Crippen molar-refractivity contribution in [3.63, 3.8) is 0 Å². The van der Waals surface area contributed by atoms with E-state index in [0.29, 0.717) is 12.8 Å². The van der Waals surface area contributed by atoms with Gasteiger partial charge in [0.1, 0.15) is 9.79 Å². The third-order valence-electron chi connectivity index (χ3n) is 4.98. The first-order chi connectivity index (χ1) is 16.4. The van der Waals surface area contributed by atoms with Crippen LogP contribution >= 0.6 is 0 Å². The van der Waals surface area contributed by atoms with Gasteiger partial charge in [0.05, 0.1) is 10.9 Å². The molecule has 1 aliphatic carbocycles. The summed E-state index contributed by atoms with van der Waals surface area (Å²) in [6.07, 6.45) is 3.20. The van der Waals surface area contributed by atoms with Crippen LogP contribution in [0.25, 0.3) is 12.2 Å². The van der Waals surface area contributed by atoms with Crippen molar-refractivity contribution in [1.82, 2.24) is 4.31 Å². The standard InChI is InChI=1S/C19H23N3O10S4/c1-22(2)36(31,32)21-16-8-6-14(19(12-16)35(28,29)30)4-3-13-5-7-15(11-18(13)34(25,26)27)20-33(23,24)17-9-10-17/h3-8,11-12,17,20-21H,9-10H2,1-2H3,(H,25,26,27)(H,28,29,30). The molecule has 0 aliphatic heterocycles. The fourth-order valence-electron chi connectivity index (χ4n) is 2.96. The number of rotatable bonds is 10. The van der Waals surface area contributed by atoms with Crippen LogP contribution in [0, 0.1) is 0 Å². The molecule has 36 heavy (non-hydrogen) atoms. The Labute approximate surface area is 209 Å². The van der Waals surface area contributed by atoms with Crippen LogP contribution in [0.1, 0.15) is 24.0 Å². The van der Waals surface area contributed by atoms with Crippen molar-refractivity contribution in [3.8, 4) is 0 Å². The van der Waals surface area contributed by atoms with E-state index in [-0.39, 0.29) is 22.5 Å². The molecule has 0 amide bonds. The number of hydrogen-bond acceptors (Lipinski definition) is 8. The normalized spacial score (nSPS) is 15.4. The zero-order valence-corrected chi connectivity index (χ0v) is 22.1. The highest BCUT2D eigenvalue weighted by Gasteiger charge is 2.36. The minimum Gasteiger partial charge on any atom is -0.283 e. The lowest BCUT2D eigenvalue weighted by Gasteiger charge is -2.14. The van der Waals surface area contributed by atoms with Crippen molar-refractivity contribution >= 4 is 64.0 Å². The lowest BCUT2D eigenvalue weighted by atomic mass is 10.1. The molecular weight excluding hydrogens is 558 g/mol. The lowest BCUT2D eigenvalue weighted by Crippen LogP contribution is -2.29. The average molecular weight is 582 g/mol. The quantitative estimate of drug-likeness (QED) is 0.235. The summed E-state index contributed by atoms with van der Waals surface area (Å²) >= 11 is 0. The summed E-state index contributed by atoms with van der Waals surface area (Å²) in [5.41, 5.74) is -0.516. The number of nitrogens with zero attached hydrogens (tertiary/aromatic N) is 1. The van der Waals surface area contributed by atoms with E-state index < -0.39 is 55.5 Å². The third kappa shape index (κ3) is 6.81. The number of anilines is 2. The Balaban J connectivity index is 2.02. The Bertz CT molecular complexity index is 1530. The molecule has 0 spiro atoms. The van der Waals surface area contributed by atoms with E-state index >= 15 is 0 Å². The number of nitrogens with one attached hydrogen (secondary N) is 2. The maximum atomic E-state index is 12.1. The first kappa shape index (κ1) is 28.0. The Morgan fingerprint density at radius 3 is 1.53 bits per heavy atom. The molecule has 1 saturated carbocycles. The van der Waals surface area contributed by atoms with Gasteiger partial charge in [-0.05, 0) is 48.2 Å². The Morgan fingerprint density at radius 1 is 0.750 bits per heavy atom. The second kappa shape index (κ2) is 9.73. The Morgan fingerprint density at radius 2 is 1.17 bits per heavy atom. The topological polar surface area (TPSA) is 204 Å². The van der Waals surface area contributed by atoms with Crippen LogP contribution < -0.4 is 9.44 Å². The minimum absolute atomic E-state index is 0.0946. The summed E-state index contributed by atoms with van der Waals surface area (Å²) < 4.78 is 120. The molecule has 13 nitrogen and oxygen atoms in total. The molecule has 1 fully saturated rings. The first-order valence-corrected chi connectivity index (χ1v) is 15.9. The minimum atomic E-state index is -4.85. The highest BCUT2D eigenvalue weighted by molar-refractivity contribution is 7.93. The van der Waals surface area contributed by atoms with Crippen molar-refractivity contribution in [2.75, 3.05) is 23.5 Å². The zero-order chi connectivity index (χ0) is 27.1. The molecule has 3 rings (SSSR count). The molecule has 1 aliphatic rings. The van der Waals surface area contributed by atoms with Gasteiger partial charge in [0.15, 0.2) is 0 Å². The molecule has 0 unspecified atom stereocenters. The van der Waals surface area contributed by atoms with Gasteiger partial charge in [-0.15, -0.1) is 0 Å². The molecule has 0 saturated heterocycles. The largest absolute Gasteiger partial charge is 0.301 e. The second-order valence-electron chi connectivity index (χ2n) is 8.02. The maximum absolute atomic E-state index is 12.1. The molecule has 0 heterocycles. The van der Waals surface area contributed by atoms with E-state index in [1.54, 1.807) is 0 Å². The number of benzene rings is 2. The molecule has 0 atom stereocenters. The summed E-state index contributed by atoms with van der Waals surface area (Å²) in [4.78, 5) is -1.33. The molecule has 0 radical (unpaired) electrons. The first-order valence-electron chi connectivity index (χ1n) is 10.0.